The van der Waals surface area contributed by atoms with Crippen LogP contribution in [0.5, 0.6) is 5.75 Å². The first-order valence-corrected chi connectivity index (χ1v) is 5.78. The Balaban J connectivity index is 2.00. The lowest BCUT2D eigenvalue weighted by Gasteiger charge is -2.06. The zero-order valence-electron chi connectivity index (χ0n) is 9.28. The van der Waals surface area contributed by atoms with Crippen LogP contribution in [0.3, 0.4) is 0 Å². The summed E-state index contributed by atoms with van der Waals surface area (Å²) in [6.07, 6.45) is 2.30. The van der Waals surface area contributed by atoms with Gasteiger partial charge in [-0.05, 0) is 48.9 Å². The first-order chi connectivity index (χ1) is 7.35. The second kappa shape index (κ2) is 4.67. The largest absolute Gasteiger partial charge is 0.494 e. The molecule has 2 atom stereocenters. The second-order valence-corrected chi connectivity index (χ2v) is 4.26. The molecule has 0 saturated heterocycles. The molecule has 82 valence electrons. The van der Waals surface area contributed by atoms with Gasteiger partial charge in [-0.1, -0.05) is 19.1 Å². The van der Waals surface area contributed by atoms with Gasteiger partial charge in [-0.2, -0.15) is 0 Å². The Morgan fingerprint density at radius 2 is 2.33 bits per heavy atom. The average molecular weight is 205 g/mol. The molecule has 0 aromatic heterocycles. The normalized spacial score (nSPS) is 23.9. The smallest absolute Gasteiger partial charge is 0.119 e. The third kappa shape index (κ3) is 2.51. The van der Waals surface area contributed by atoms with Gasteiger partial charge in [-0.25, -0.2) is 0 Å². The Labute approximate surface area is 91.4 Å². The molecule has 1 aromatic carbocycles. The number of ether oxygens (including phenoxy) is 1. The molecule has 1 aliphatic rings. The fraction of sp³-hybridized carbons (Fsp3) is 0.538. The van der Waals surface area contributed by atoms with Crippen LogP contribution in [0.25, 0.3) is 0 Å². The highest BCUT2D eigenvalue weighted by Crippen LogP contribution is 2.47. The summed E-state index contributed by atoms with van der Waals surface area (Å²) in [5.41, 5.74) is 7.04. The Bertz CT molecular complexity index is 324. The van der Waals surface area contributed by atoms with Crippen LogP contribution in [0.4, 0.5) is 0 Å². The minimum absolute atomic E-state index is 0.681. The van der Waals surface area contributed by atoms with Crippen LogP contribution in [0.2, 0.25) is 0 Å². The summed E-state index contributed by atoms with van der Waals surface area (Å²) < 4.78 is 5.61. The van der Waals surface area contributed by atoms with Gasteiger partial charge in [0.25, 0.3) is 0 Å². The number of rotatable bonds is 5. The third-order valence-corrected chi connectivity index (χ3v) is 2.98. The van der Waals surface area contributed by atoms with E-state index < -0.39 is 0 Å². The maximum atomic E-state index is 5.65. The summed E-state index contributed by atoms with van der Waals surface area (Å²) in [5.74, 6) is 2.38. The molecule has 2 heteroatoms. The van der Waals surface area contributed by atoms with E-state index >= 15 is 0 Å². The zero-order valence-corrected chi connectivity index (χ0v) is 9.28. The molecular weight excluding hydrogens is 186 g/mol. The van der Waals surface area contributed by atoms with Crippen LogP contribution in [-0.4, -0.2) is 13.2 Å². The van der Waals surface area contributed by atoms with Crippen LogP contribution < -0.4 is 10.5 Å². The summed E-state index contributed by atoms with van der Waals surface area (Å²) in [4.78, 5) is 0. The molecule has 1 saturated carbocycles. The molecule has 2 unspecified atom stereocenters. The molecule has 1 fully saturated rings. The highest BCUT2D eigenvalue weighted by Gasteiger charge is 2.36. The molecule has 1 aromatic rings. The summed E-state index contributed by atoms with van der Waals surface area (Å²) in [6.45, 7) is 3.73. The lowest BCUT2D eigenvalue weighted by molar-refractivity contribution is 0.317. The van der Waals surface area contributed by atoms with E-state index in [1.54, 1.807) is 0 Å². The van der Waals surface area contributed by atoms with Crippen molar-refractivity contribution in [3.05, 3.63) is 29.8 Å². The number of hydrogen-bond acceptors (Lipinski definition) is 2. The lowest BCUT2D eigenvalue weighted by Crippen LogP contribution is -2.02. The van der Waals surface area contributed by atoms with Crippen LogP contribution >= 0.6 is 0 Å². The van der Waals surface area contributed by atoms with E-state index in [0.29, 0.717) is 11.8 Å². The number of benzene rings is 1. The maximum absolute atomic E-state index is 5.65. The quantitative estimate of drug-likeness (QED) is 0.801. The van der Waals surface area contributed by atoms with Crippen molar-refractivity contribution in [1.82, 2.24) is 0 Å². The minimum atomic E-state index is 0.681. The van der Waals surface area contributed by atoms with Crippen molar-refractivity contribution in [2.75, 3.05) is 13.2 Å². The molecule has 2 N–H and O–H groups in total. The van der Waals surface area contributed by atoms with Gasteiger partial charge >= 0.3 is 0 Å². The summed E-state index contributed by atoms with van der Waals surface area (Å²) in [7, 11) is 0. The fourth-order valence-electron chi connectivity index (χ4n) is 1.97. The van der Waals surface area contributed by atoms with E-state index in [0.717, 1.165) is 25.3 Å². The number of hydrogen-bond donors (Lipinski definition) is 1. The van der Waals surface area contributed by atoms with Crippen molar-refractivity contribution in [1.29, 1.82) is 0 Å². The highest BCUT2D eigenvalue weighted by atomic mass is 16.5. The monoisotopic (exact) mass is 205 g/mol. The van der Waals surface area contributed by atoms with Crippen LogP contribution in [0, 0.1) is 5.92 Å². The molecule has 0 heterocycles. The van der Waals surface area contributed by atoms with Gasteiger partial charge in [0.1, 0.15) is 5.75 Å². The van der Waals surface area contributed by atoms with Gasteiger partial charge in [-0.15, -0.1) is 0 Å². The summed E-state index contributed by atoms with van der Waals surface area (Å²) >= 11 is 0. The highest BCUT2D eigenvalue weighted by molar-refractivity contribution is 5.34. The van der Waals surface area contributed by atoms with Crippen molar-refractivity contribution >= 4 is 0 Å². The van der Waals surface area contributed by atoms with Crippen molar-refractivity contribution in [2.45, 2.75) is 25.7 Å². The molecule has 0 amide bonds. The van der Waals surface area contributed by atoms with Crippen molar-refractivity contribution in [3.63, 3.8) is 0 Å². The maximum Gasteiger partial charge on any atom is 0.119 e. The Morgan fingerprint density at radius 3 is 3.00 bits per heavy atom. The Hall–Kier alpha value is -1.02. The minimum Gasteiger partial charge on any atom is -0.494 e. The van der Waals surface area contributed by atoms with Gasteiger partial charge in [0.2, 0.25) is 0 Å². The Kier molecular flexibility index (Phi) is 3.27. The van der Waals surface area contributed by atoms with Gasteiger partial charge in [0.15, 0.2) is 0 Å². The first kappa shape index (κ1) is 10.5. The molecule has 0 spiro atoms. The van der Waals surface area contributed by atoms with E-state index in [9.17, 15) is 0 Å². The molecule has 0 bridgehead atoms. The zero-order chi connectivity index (χ0) is 10.7. The molecule has 0 radical (unpaired) electrons. The molecule has 15 heavy (non-hydrogen) atoms. The van der Waals surface area contributed by atoms with E-state index in [1.807, 2.05) is 6.07 Å². The van der Waals surface area contributed by atoms with Crippen LogP contribution in [0.15, 0.2) is 24.3 Å². The second-order valence-electron chi connectivity index (χ2n) is 4.26. The van der Waals surface area contributed by atoms with Gasteiger partial charge < -0.3 is 10.5 Å². The molecule has 2 nitrogen and oxygen atoms in total. The van der Waals surface area contributed by atoms with Crippen molar-refractivity contribution < 1.29 is 4.74 Å². The van der Waals surface area contributed by atoms with E-state index in [1.165, 1.54) is 12.0 Å². The standard InChI is InChI=1S/C13H19NO/c1-2-6-15-12-5-3-4-10(7-12)13-8-11(13)9-14/h3-5,7,11,13H,2,6,8-9,14H2,1H3. The first-order valence-electron chi connectivity index (χ1n) is 5.78. The van der Waals surface area contributed by atoms with E-state index in [-0.39, 0.29) is 0 Å². The Morgan fingerprint density at radius 1 is 1.47 bits per heavy atom. The number of nitrogens with two attached hydrogens (primary N) is 1. The topological polar surface area (TPSA) is 35.2 Å². The molecule has 2 rings (SSSR count). The summed E-state index contributed by atoms with van der Waals surface area (Å²) in [5, 5.41) is 0. The fourth-order valence-corrected chi connectivity index (χ4v) is 1.97. The van der Waals surface area contributed by atoms with Gasteiger partial charge in [0, 0.05) is 0 Å². The average Bonchev–Trinajstić information content (AvgIpc) is 3.06. The van der Waals surface area contributed by atoms with Gasteiger partial charge in [-0.3, -0.25) is 0 Å². The van der Waals surface area contributed by atoms with Crippen LogP contribution in [-0.2, 0) is 0 Å². The predicted molar refractivity (Wildman–Crippen MR) is 62.1 cm³/mol. The van der Waals surface area contributed by atoms with E-state index in [4.69, 9.17) is 10.5 Å². The van der Waals surface area contributed by atoms with Gasteiger partial charge in [0.05, 0.1) is 6.61 Å². The summed E-state index contributed by atoms with van der Waals surface area (Å²) in [6, 6.07) is 8.44. The molecule has 1 aliphatic carbocycles. The molecule has 0 aliphatic heterocycles. The SMILES string of the molecule is CCCOc1cccc(C2CC2CN)c1. The molecular formula is C13H19NO. The van der Waals surface area contributed by atoms with E-state index in [2.05, 4.69) is 25.1 Å². The van der Waals surface area contributed by atoms with Crippen molar-refractivity contribution in [3.8, 4) is 5.75 Å². The van der Waals surface area contributed by atoms with Crippen LogP contribution in [0.1, 0.15) is 31.2 Å². The third-order valence-electron chi connectivity index (χ3n) is 2.98. The lowest BCUT2D eigenvalue weighted by atomic mass is 10.1. The van der Waals surface area contributed by atoms with Crippen molar-refractivity contribution in [2.24, 2.45) is 11.7 Å². The predicted octanol–water partition coefficient (Wildman–Crippen LogP) is 2.54.